The summed E-state index contributed by atoms with van der Waals surface area (Å²) in [6.45, 7) is 1.14. The number of carbonyl (C=O) groups excluding carboxylic acids is 2. The van der Waals surface area contributed by atoms with Gasteiger partial charge in [0.1, 0.15) is 5.69 Å². The standard InChI is InChI=1S/C23H23N3O3/c1-29-23-18-9-4-2-8-17(18)15-19(25-23)22(28)24-13-6-11-21(27)26-14-12-16-7-3-5-10-20(16)26/h2-5,7-10,15H,6,11-14H2,1H3,(H,24,28). The Balaban J connectivity index is 1.33. The van der Waals surface area contributed by atoms with Gasteiger partial charge < -0.3 is 15.0 Å². The average Bonchev–Trinajstić information content (AvgIpc) is 3.20. The number of ether oxygens (including phenoxy) is 1. The summed E-state index contributed by atoms with van der Waals surface area (Å²) in [5.41, 5.74) is 2.53. The number of fused-ring (bicyclic) bond motifs is 2. The number of hydrogen-bond acceptors (Lipinski definition) is 4. The van der Waals surface area contributed by atoms with Crippen LogP contribution in [-0.2, 0) is 11.2 Å². The van der Waals surface area contributed by atoms with E-state index < -0.39 is 0 Å². The molecular formula is C23H23N3O3. The lowest BCUT2D eigenvalue weighted by atomic mass is 10.1. The highest BCUT2D eigenvalue weighted by Gasteiger charge is 2.23. The lowest BCUT2D eigenvalue weighted by Crippen LogP contribution is -2.30. The van der Waals surface area contributed by atoms with Crippen LogP contribution in [0.25, 0.3) is 10.8 Å². The van der Waals surface area contributed by atoms with Crippen molar-refractivity contribution in [1.82, 2.24) is 10.3 Å². The maximum atomic E-state index is 12.5. The van der Waals surface area contributed by atoms with E-state index in [0.29, 0.717) is 31.0 Å². The van der Waals surface area contributed by atoms with Crippen molar-refractivity contribution in [3.8, 4) is 5.88 Å². The predicted octanol–water partition coefficient (Wildman–Crippen LogP) is 3.34. The molecule has 1 aliphatic rings. The molecule has 0 atom stereocenters. The van der Waals surface area contributed by atoms with Gasteiger partial charge in [-0.2, -0.15) is 0 Å². The Labute approximate surface area is 169 Å². The normalized spacial score (nSPS) is 12.7. The molecule has 29 heavy (non-hydrogen) atoms. The molecule has 2 aromatic carbocycles. The highest BCUT2D eigenvalue weighted by atomic mass is 16.5. The molecule has 3 aromatic rings. The van der Waals surface area contributed by atoms with Crippen LogP contribution in [0.3, 0.4) is 0 Å². The summed E-state index contributed by atoms with van der Waals surface area (Å²) in [6, 6.07) is 17.4. The van der Waals surface area contributed by atoms with Gasteiger partial charge in [-0.05, 0) is 42.0 Å². The molecule has 1 aromatic heterocycles. The maximum Gasteiger partial charge on any atom is 0.270 e. The number of hydrogen-bond donors (Lipinski definition) is 1. The number of carbonyl (C=O) groups is 2. The number of rotatable bonds is 6. The van der Waals surface area contributed by atoms with Crippen LogP contribution in [-0.4, -0.2) is 37.0 Å². The Kier molecular flexibility index (Phi) is 5.42. The molecule has 2 heterocycles. The number of pyridine rings is 1. The first-order valence-corrected chi connectivity index (χ1v) is 9.77. The zero-order chi connectivity index (χ0) is 20.2. The molecule has 0 radical (unpaired) electrons. The number of amides is 2. The molecule has 2 amide bonds. The van der Waals surface area contributed by atoms with Crippen LogP contribution in [0.1, 0.15) is 28.9 Å². The van der Waals surface area contributed by atoms with Crippen molar-refractivity contribution in [2.75, 3.05) is 25.1 Å². The number of para-hydroxylation sites is 1. The Hall–Kier alpha value is -3.41. The van der Waals surface area contributed by atoms with Crippen LogP contribution in [0.4, 0.5) is 5.69 Å². The molecular weight excluding hydrogens is 366 g/mol. The third-order valence-corrected chi connectivity index (χ3v) is 5.17. The van der Waals surface area contributed by atoms with E-state index in [9.17, 15) is 9.59 Å². The number of aromatic nitrogens is 1. The molecule has 0 aliphatic carbocycles. The molecule has 0 spiro atoms. The second-order valence-electron chi connectivity index (χ2n) is 7.02. The third-order valence-electron chi connectivity index (χ3n) is 5.17. The maximum absolute atomic E-state index is 12.5. The Morgan fingerprint density at radius 2 is 1.93 bits per heavy atom. The SMILES string of the molecule is COc1nc(C(=O)NCCCC(=O)N2CCc3ccccc32)cc2ccccc12. The molecule has 6 nitrogen and oxygen atoms in total. The van der Waals surface area contributed by atoms with E-state index in [-0.39, 0.29) is 11.8 Å². The molecule has 0 saturated heterocycles. The number of benzene rings is 2. The highest BCUT2D eigenvalue weighted by molar-refractivity contribution is 5.98. The van der Waals surface area contributed by atoms with Gasteiger partial charge in [-0.25, -0.2) is 4.98 Å². The fourth-order valence-corrected chi connectivity index (χ4v) is 3.70. The van der Waals surface area contributed by atoms with Crippen molar-refractivity contribution in [2.45, 2.75) is 19.3 Å². The van der Waals surface area contributed by atoms with Gasteiger partial charge in [0, 0.05) is 30.6 Å². The van der Waals surface area contributed by atoms with E-state index in [2.05, 4.69) is 16.4 Å². The molecule has 1 aliphatic heterocycles. The van der Waals surface area contributed by atoms with Crippen molar-refractivity contribution in [2.24, 2.45) is 0 Å². The molecule has 0 saturated carbocycles. The molecule has 4 rings (SSSR count). The molecule has 0 bridgehead atoms. The second-order valence-corrected chi connectivity index (χ2v) is 7.02. The largest absolute Gasteiger partial charge is 0.481 e. The van der Waals surface area contributed by atoms with Crippen molar-refractivity contribution < 1.29 is 14.3 Å². The average molecular weight is 389 g/mol. The molecule has 0 fully saturated rings. The van der Waals surface area contributed by atoms with Gasteiger partial charge in [-0.1, -0.05) is 36.4 Å². The summed E-state index contributed by atoms with van der Waals surface area (Å²) >= 11 is 0. The van der Waals surface area contributed by atoms with E-state index in [1.165, 1.54) is 5.56 Å². The lowest BCUT2D eigenvalue weighted by molar-refractivity contribution is -0.118. The van der Waals surface area contributed by atoms with Crippen LogP contribution < -0.4 is 15.0 Å². The first-order chi connectivity index (χ1) is 14.2. The quantitative estimate of drug-likeness (QED) is 0.657. The van der Waals surface area contributed by atoms with E-state index in [4.69, 9.17) is 4.74 Å². The smallest absolute Gasteiger partial charge is 0.270 e. The van der Waals surface area contributed by atoms with Crippen LogP contribution >= 0.6 is 0 Å². The van der Waals surface area contributed by atoms with Crippen molar-refractivity contribution in [3.05, 3.63) is 65.9 Å². The molecule has 6 heteroatoms. The van der Waals surface area contributed by atoms with Gasteiger partial charge in [0.2, 0.25) is 11.8 Å². The Morgan fingerprint density at radius 3 is 2.79 bits per heavy atom. The topological polar surface area (TPSA) is 71.5 Å². The Morgan fingerprint density at radius 1 is 1.14 bits per heavy atom. The van der Waals surface area contributed by atoms with Gasteiger partial charge in [-0.15, -0.1) is 0 Å². The zero-order valence-electron chi connectivity index (χ0n) is 16.4. The number of nitrogens with one attached hydrogen (secondary N) is 1. The highest BCUT2D eigenvalue weighted by Crippen LogP contribution is 2.28. The minimum absolute atomic E-state index is 0.0923. The van der Waals surface area contributed by atoms with E-state index in [1.54, 1.807) is 13.2 Å². The van der Waals surface area contributed by atoms with Crippen molar-refractivity contribution >= 4 is 28.3 Å². The lowest BCUT2D eigenvalue weighted by Gasteiger charge is -2.17. The fraction of sp³-hybridized carbons (Fsp3) is 0.261. The van der Waals surface area contributed by atoms with Crippen molar-refractivity contribution in [1.29, 1.82) is 0 Å². The summed E-state index contributed by atoms with van der Waals surface area (Å²) in [4.78, 5) is 31.2. The minimum atomic E-state index is -0.270. The number of nitrogens with zero attached hydrogens (tertiary/aromatic N) is 2. The third kappa shape index (κ3) is 3.92. The van der Waals surface area contributed by atoms with Crippen LogP contribution in [0, 0.1) is 0 Å². The van der Waals surface area contributed by atoms with Crippen LogP contribution in [0.2, 0.25) is 0 Å². The number of anilines is 1. The summed E-state index contributed by atoms with van der Waals surface area (Å²) in [5, 5.41) is 4.61. The number of methoxy groups -OCH3 is 1. The Bertz CT molecular complexity index is 1060. The first kappa shape index (κ1) is 18.9. The summed E-state index contributed by atoms with van der Waals surface area (Å²) in [7, 11) is 1.54. The van der Waals surface area contributed by atoms with Crippen molar-refractivity contribution in [3.63, 3.8) is 0 Å². The van der Waals surface area contributed by atoms with Crippen LogP contribution in [0.5, 0.6) is 5.88 Å². The van der Waals surface area contributed by atoms with Gasteiger partial charge >= 0.3 is 0 Å². The van der Waals surface area contributed by atoms with Gasteiger partial charge in [-0.3, -0.25) is 9.59 Å². The van der Waals surface area contributed by atoms with Gasteiger partial charge in [0.25, 0.3) is 5.91 Å². The summed E-state index contributed by atoms with van der Waals surface area (Å²) in [5.74, 6) is 0.249. The van der Waals surface area contributed by atoms with E-state index in [0.717, 1.165) is 29.4 Å². The molecule has 148 valence electrons. The van der Waals surface area contributed by atoms with Crippen LogP contribution in [0.15, 0.2) is 54.6 Å². The fourth-order valence-electron chi connectivity index (χ4n) is 3.70. The molecule has 1 N–H and O–H groups in total. The predicted molar refractivity (Wildman–Crippen MR) is 112 cm³/mol. The van der Waals surface area contributed by atoms with E-state index in [1.807, 2.05) is 47.4 Å². The first-order valence-electron chi connectivity index (χ1n) is 9.77. The summed E-state index contributed by atoms with van der Waals surface area (Å²) in [6.07, 6.45) is 1.87. The monoisotopic (exact) mass is 389 g/mol. The van der Waals surface area contributed by atoms with E-state index >= 15 is 0 Å². The second kappa shape index (κ2) is 8.31. The summed E-state index contributed by atoms with van der Waals surface area (Å²) < 4.78 is 5.32. The van der Waals surface area contributed by atoms with Gasteiger partial charge in [0.05, 0.1) is 7.11 Å². The zero-order valence-corrected chi connectivity index (χ0v) is 16.4. The molecule has 0 unspecified atom stereocenters. The minimum Gasteiger partial charge on any atom is -0.481 e. The van der Waals surface area contributed by atoms with Gasteiger partial charge in [0.15, 0.2) is 0 Å².